The number of aromatic nitrogens is 1. The van der Waals surface area contributed by atoms with Gasteiger partial charge in [-0.05, 0) is 71.4 Å². The van der Waals surface area contributed by atoms with Gasteiger partial charge in [0.05, 0.1) is 21.0 Å². The Balaban J connectivity index is 1.36. The molecule has 1 saturated heterocycles. The van der Waals surface area contributed by atoms with E-state index in [9.17, 15) is 18.0 Å². The Morgan fingerprint density at radius 2 is 2.06 bits per heavy atom. The number of carbonyl (C=O) groups excluding carboxylic acids is 2. The number of nitrogens with zero attached hydrogens (tertiary/aromatic N) is 3. The van der Waals surface area contributed by atoms with Crippen molar-refractivity contribution in [2.75, 3.05) is 29.9 Å². The summed E-state index contributed by atoms with van der Waals surface area (Å²) in [6.45, 7) is 4.76. The molecular formula is C25H27BrN4O4S2. The van der Waals surface area contributed by atoms with E-state index in [1.165, 1.54) is 15.6 Å². The second kappa shape index (κ2) is 9.85. The fourth-order valence-electron chi connectivity index (χ4n) is 4.90. The van der Waals surface area contributed by atoms with Crippen LogP contribution in [0.25, 0.3) is 10.2 Å². The minimum absolute atomic E-state index is 0.0285. The molecule has 3 aromatic rings. The molecule has 2 amide bonds. The largest absolute Gasteiger partial charge is 0.312 e. The lowest BCUT2D eigenvalue weighted by molar-refractivity contribution is -0.121. The second-order valence-electron chi connectivity index (χ2n) is 9.19. The van der Waals surface area contributed by atoms with Crippen LogP contribution in [0.3, 0.4) is 0 Å². The van der Waals surface area contributed by atoms with E-state index in [0.29, 0.717) is 54.1 Å². The van der Waals surface area contributed by atoms with Crippen molar-refractivity contribution in [3.63, 3.8) is 0 Å². The Hall–Kier alpha value is -2.34. The molecule has 2 aromatic carbocycles. The summed E-state index contributed by atoms with van der Waals surface area (Å²) in [7, 11) is -3.88. The molecule has 2 aliphatic heterocycles. The number of rotatable bonds is 5. The van der Waals surface area contributed by atoms with E-state index in [0.717, 1.165) is 21.3 Å². The van der Waals surface area contributed by atoms with Crippen LogP contribution in [-0.2, 0) is 26.0 Å². The van der Waals surface area contributed by atoms with Crippen LogP contribution < -0.4 is 10.2 Å². The second-order valence-corrected chi connectivity index (χ2v) is 13.0. The Kier molecular flexibility index (Phi) is 6.92. The molecule has 0 unspecified atom stereocenters. The molecule has 190 valence electrons. The molecule has 0 bridgehead atoms. The number of hydrogen-bond acceptors (Lipinski definition) is 6. The summed E-state index contributed by atoms with van der Waals surface area (Å²) >= 11 is 4.85. The van der Waals surface area contributed by atoms with Crippen LogP contribution in [-0.4, -0.2) is 49.2 Å². The quantitative estimate of drug-likeness (QED) is 0.464. The topological polar surface area (TPSA) is 99.7 Å². The highest BCUT2D eigenvalue weighted by molar-refractivity contribution is 9.10. The number of fused-ring (bicyclic) bond motifs is 2. The molecule has 1 aromatic heterocycles. The zero-order valence-electron chi connectivity index (χ0n) is 20.1. The van der Waals surface area contributed by atoms with Crippen molar-refractivity contribution in [1.29, 1.82) is 0 Å². The molecule has 1 fully saturated rings. The Bertz CT molecular complexity index is 1470. The molecule has 1 N–H and O–H groups in total. The third-order valence-corrected chi connectivity index (χ3v) is 10.6. The smallest absolute Gasteiger partial charge is 0.244 e. The number of thiazole rings is 1. The average Bonchev–Trinajstić information content (AvgIpc) is 3.47. The van der Waals surface area contributed by atoms with E-state index >= 15 is 0 Å². The molecular weight excluding hydrogens is 564 g/mol. The van der Waals surface area contributed by atoms with Crippen molar-refractivity contribution < 1.29 is 18.0 Å². The van der Waals surface area contributed by atoms with Crippen molar-refractivity contribution in [3.05, 3.63) is 45.9 Å². The van der Waals surface area contributed by atoms with Crippen LogP contribution in [0.1, 0.15) is 37.3 Å². The normalized spacial score (nSPS) is 18.4. The predicted molar refractivity (Wildman–Crippen MR) is 145 cm³/mol. The van der Waals surface area contributed by atoms with Gasteiger partial charge in [-0.15, -0.1) is 0 Å². The van der Waals surface area contributed by atoms with E-state index < -0.39 is 15.9 Å². The van der Waals surface area contributed by atoms with Crippen LogP contribution in [0.15, 0.2) is 39.7 Å². The number of sulfonamides is 1. The summed E-state index contributed by atoms with van der Waals surface area (Å²) in [6, 6.07) is 9.30. The van der Waals surface area contributed by atoms with E-state index in [-0.39, 0.29) is 23.3 Å². The minimum Gasteiger partial charge on any atom is -0.312 e. The maximum absolute atomic E-state index is 13.7. The summed E-state index contributed by atoms with van der Waals surface area (Å²) in [5.74, 6) is -0.730. The number of carbonyl (C=O) groups is 2. The van der Waals surface area contributed by atoms with E-state index in [2.05, 4.69) is 26.2 Å². The van der Waals surface area contributed by atoms with Gasteiger partial charge >= 0.3 is 0 Å². The highest BCUT2D eigenvalue weighted by atomic mass is 79.9. The number of para-hydroxylation sites is 1. The summed E-state index contributed by atoms with van der Waals surface area (Å²) in [5.41, 5.74) is 3.51. The third kappa shape index (κ3) is 4.57. The van der Waals surface area contributed by atoms with Gasteiger partial charge in [0.2, 0.25) is 21.8 Å². The zero-order chi connectivity index (χ0) is 25.6. The van der Waals surface area contributed by atoms with Gasteiger partial charge in [-0.2, -0.15) is 4.31 Å². The highest BCUT2D eigenvalue weighted by Gasteiger charge is 2.36. The van der Waals surface area contributed by atoms with E-state index in [4.69, 9.17) is 0 Å². The molecule has 11 heteroatoms. The number of amides is 2. The molecule has 8 nitrogen and oxygen atoms in total. The number of benzene rings is 2. The van der Waals surface area contributed by atoms with Crippen LogP contribution in [0, 0.1) is 12.8 Å². The number of anilines is 2. The molecule has 5 rings (SSSR count). The van der Waals surface area contributed by atoms with Crippen molar-refractivity contribution in [3.8, 4) is 0 Å². The van der Waals surface area contributed by atoms with Crippen LogP contribution >= 0.6 is 27.3 Å². The van der Waals surface area contributed by atoms with Gasteiger partial charge in [-0.3, -0.25) is 9.59 Å². The lowest BCUT2D eigenvalue weighted by Gasteiger charge is -2.31. The third-order valence-electron chi connectivity index (χ3n) is 6.86. The van der Waals surface area contributed by atoms with Crippen molar-refractivity contribution in [2.24, 2.45) is 5.92 Å². The number of piperidine rings is 1. The molecule has 1 atom stereocenters. The van der Waals surface area contributed by atoms with Crippen LogP contribution in [0.5, 0.6) is 0 Å². The van der Waals surface area contributed by atoms with Crippen molar-refractivity contribution in [2.45, 2.75) is 44.4 Å². The number of halogens is 1. The zero-order valence-corrected chi connectivity index (χ0v) is 23.3. The molecule has 0 spiro atoms. The fourth-order valence-corrected chi connectivity index (χ4v) is 8.44. The monoisotopic (exact) mass is 590 g/mol. The summed E-state index contributed by atoms with van der Waals surface area (Å²) in [5, 5.41) is 3.42. The lowest BCUT2D eigenvalue weighted by atomic mass is 9.99. The first-order valence-corrected chi connectivity index (χ1v) is 15.0. The van der Waals surface area contributed by atoms with Crippen molar-refractivity contribution >= 4 is 70.1 Å². The first-order valence-electron chi connectivity index (χ1n) is 12.0. The summed E-state index contributed by atoms with van der Waals surface area (Å²) < 4.78 is 30.2. The molecule has 0 radical (unpaired) electrons. The molecule has 3 heterocycles. The first-order chi connectivity index (χ1) is 17.2. The molecule has 2 aliphatic rings. The average molecular weight is 592 g/mol. The minimum atomic E-state index is -3.88. The van der Waals surface area contributed by atoms with Crippen molar-refractivity contribution in [1.82, 2.24) is 9.29 Å². The maximum atomic E-state index is 13.7. The first kappa shape index (κ1) is 25.3. The SMILES string of the molecule is CCC(=O)N1CCc2cc(Br)c(S(=O)(=O)N3CCC[C@H](C(=O)Nc4nc5c(C)cccc5s4)C3)cc21. The van der Waals surface area contributed by atoms with Gasteiger partial charge in [-0.25, -0.2) is 13.4 Å². The fraction of sp³-hybridized carbons (Fsp3) is 0.400. The van der Waals surface area contributed by atoms with Crippen LogP contribution in [0.2, 0.25) is 0 Å². The predicted octanol–water partition coefficient (Wildman–Crippen LogP) is 4.71. The number of aryl methyl sites for hydroxylation is 1. The van der Waals surface area contributed by atoms with Crippen LogP contribution in [0.4, 0.5) is 10.8 Å². The summed E-state index contributed by atoms with van der Waals surface area (Å²) in [4.78, 5) is 31.8. The highest BCUT2D eigenvalue weighted by Crippen LogP contribution is 2.38. The van der Waals surface area contributed by atoms with Gasteiger partial charge < -0.3 is 10.2 Å². The number of nitrogens with one attached hydrogen (secondary N) is 1. The van der Waals surface area contributed by atoms with Gasteiger partial charge in [0.15, 0.2) is 5.13 Å². The Morgan fingerprint density at radius 3 is 2.81 bits per heavy atom. The van der Waals surface area contributed by atoms with Gasteiger partial charge in [0, 0.05) is 36.2 Å². The van der Waals surface area contributed by atoms with E-state index in [1.54, 1.807) is 24.0 Å². The Morgan fingerprint density at radius 1 is 1.25 bits per heavy atom. The molecule has 0 aliphatic carbocycles. The van der Waals surface area contributed by atoms with Gasteiger partial charge in [0.1, 0.15) is 0 Å². The maximum Gasteiger partial charge on any atom is 0.244 e. The standard InChI is InChI=1S/C25H27BrN4O4S2/c1-3-22(31)30-11-9-16-12-18(26)21(13-19(16)30)36(33,34)29-10-5-7-17(14-29)24(32)28-25-27-23-15(2)6-4-8-20(23)35-25/h4,6,8,12-13,17H,3,5,7,9-11,14H2,1-2H3,(H,27,28,32)/t17-/m0/s1. The Labute approximate surface area is 222 Å². The van der Waals surface area contributed by atoms with Gasteiger partial charge in [0.25, 0.3) is 0 Å². The summed E-state index contributed by atoms with van der Waals surface area (Å²) in [6.07, 6.45) is 2.23. The van der Waals surface area contributed by atoms with Gasteiger partial charge in [-0.1, -0.05) is 30.4 Å². The lowest BCUT2D eigenvalue weighted by Crippen LogP contribution is -2.43. The van der Waals surface area contributed by atoms with E-state index in [1.807, 2.05) is 25.1 Å². The number of hydrogen-bond donors (Lipinski definition) is 1. The molecule has 0 saturated carbocycles. The molecule has 36 heavy (non-hydrogen) atoms.